The number of para-hydroxylation sites is 1. The van der Waals surface area contributed by atoms with Crippen molar-refractivity contribution in [3.8, 4) is 5.75 Å². The van der Waals surface area contributed by atoms with E-state index in [1.165, 1.54) is 31.5 Å². The second-order valence-corrected chi connectivity index (χ2v) is 5.83. The highest BCUT2D eigenvalue weighted by Gasteiger charge is 2.13. The molecule has 1 amide bonds. The second-order valence-electron chi connectivity index (χ2n) is 5.83. The first-order chi connectivity index (χ1) is 11.3. The van der Waals surface area contributed by atoms with E-state index in [1.54, 1.807) is 19.2 Å². The second kappa shape index (κ2) is 7.29. The lowest BCUT2D eigenvalue weighted by atomic mass is 10.1. The minimum Gasteiger partial charge on any atom is -0.496 e. The quantitative estimate of drug-likeness (QED) is 0.918. The number of nitrogens with zero attached hydrogens (tertiary/aromatic N) is 1. The third kappa shape index (κ3) is 3.90. The van der Waals surface area contributed by atoms with E-state index in [0.29, 0.717) is 11.3 Å². The summed E-state index contributed by atoms with van der Waals surface area (Å²) in [6, 6.07) is 15.3. The SMILES string of the molecule is COc1ccccc1C(=O)Nc1ccc(CN2CCCC2)cc1. The van der Waals surface area contributed by atoms with Crippen molar-refractivity contribution in [1.29, 1.82) is 0 Å². The van der Waals surface area contributed by atoms with Gasteiger partial charge in [0, 0.05) is 12.2 Å². The normalized spacial score (nSPS) is 14.7. The van der Waals surface area contributed by atoms with Gasteiger partial charge in [-0.3, -0.25) is 9.69 Å². The molecule has 4 nitrogen and oxygen atoms in total. The number of ether oxygens (including phenoxy) is 1. The molecule has 0 unspecified atom stereocenters. The number of rotatable bonds is 5. The molecule has 4 heteroatoms. The van der Waals surface area contributed by atoms with Gasteiger partial charge in [0.05, 0.1) is 12.7 Å². The Bertz CT molecular complexity index is 661. The molecule has 0 bridgehead atoms. The van der Waals surface area contributed by atoms with Crippen LogP contribution < -0.4 is 10.1 Å². The highest BCUT2D eigenvalue weighted by molar-refractivity contribution is 6.06. The number of benzene rings is 2. The van der Waals surface area contributed by atoms with Crippen molar-refractivity contribution < 1.29 is 9.53 Å². The zero-order chi connectivity index (χ0) is 16.1. The van der Waals surface area contributed by atoms with Crippen LogP contribution in [0.1, 0.15) is 28.8 Å². The standard InChI is InChI=1S/C19H22N2O2/c1-23-18-7-3-2-6-17(18)19(22)20-16-10-8-15(9-11-16)14-21-12-4-5-13-21/h2-3,6-11H,4-5,12-14H2,1H3,(H,20,22). The van der Waals surface area contributed by atoms with Crippen molar-refractivity contribution >= 4 is 11.6 Å². The van der Waals surface area contributed by atoms with Crippen molar-refractivity contribution in [2.75, 3.05) is 25.5 Å². The number of carbonyl (C=O) groups is 1. The van der Waals surface area contributed by atoms with E-state index in [1.807, 2.05) is 24.3 Å². The van der Waals surface area contributed by atoms with E-state index < -0.39 is 0 Å². The number of hydrogen-bond donors (Lipinski definition) is 1. The summed E-state index contributed by atoms with van der Waals surface area (Å²) < 4.78 is 5.23. The lowest BCUT2D eigenvalue weighted by Gasteiger charge is -2.15. The third-order valence-corrected chi connectivity index (χ3v) is 4.17. The van der Waals surface area contributed by atoms with Crippen molar-refractivity contribution in [1.82, 2.24) is 4.90 Å². The highest BCUT2D eigenvalue weighted by atomic mass is 16.5. The lowest BCUT2D eigenvalue weighted by molar-refractivity contribution is 0.102. The Hall–Kier alpha value is -2.33. The molecule has 0 radical (unpaired) electrons. The van der Waals surface area contributed by atoms with Crippen LogP contribution in [-0.2, 0) is 6.54 Å². The molecule has 1 saturated heterocycles. The van der Waals surface area contributed by atoms with Crippen LogP contribution in [0.2, 0.25) is 0 Å². The Kier molecular flexibility index (Phi) is 4.93. The van der Waals surface area contributed by atoms with E-state index in [0.717, 1.165) is 12.2 Å². The summed E-state index contributed by atoms with van der Waals surface area (Å²) in [6.07, 6.45) is 2.60. The summed E-state index contributed by atoms with van der Waals surface area (Å²) in [7, 11) is 1.57. The summed E-state index contributed by atoms with van der Waals surface area (Å²) in [6.45, 7) is 3.36. The number of likely N-dealkylation sites (tertiary alicyclic amines) is 1. The summed E-state index contributed by atoms with van der Waals surface area (Å²) in [5.41, 5.74) is 2.62. The number of amides is 1. The van der Waals surface area contributed by atoms with Gasteiger partial charge in [-0.25, -0.2) is 0 Å². The molecule has 0 spiro atoms. The Balaban J connectivity index is 1.64. The fraction of sp³-hybridized carbons (Fsp3) is 0.316. The molecular formula is C19H22N2O2. The molecule has 0 saturated carbocycles. The van der Waals surface area contributed by atoms with Crippen LogP contribution in [-0.4, -0.2) is 31.0 Å². The minimum absolute atomic E-state index is 0.158. The maximum atomic E-state index is 12.4. The summed E-state index contributed by atoms with van der Waals surface area (Å²) in [5.74, 6) is 0.422. The van der Waals surface area contributed by atoms with Gasteiger partial charge in [-0.05, 0) is 55.8 Å². The molecule has 1 aliphatic heterocycles. The number of hydrogen-bond acceptors (Lipinski definition) is 3. The van der Waals surface area contributed by atoms with Gasteiger partial charge in [0.1, 0.15) is 5.75 Å². The topological polar surface area (TPSA) is 41.6 Å². The van der Waals surface area contributed by atoms with Crippen LogP contribution in [0.3, 0.4) is 0 Å². The monoisotopic (exact) mass is 310 g/mol. The predicted octanol–water partition coefficient (Wildman–Crippen LogP) is 3.54. The first-order valence-corrected chi connectivity index (χ1v) is 8.02. The fourth-order valence-corrected chi connectivity index (χ4v) is 2.92. The van der Waals surface area contributed by atoms with Crippen LogP contribution in [0.4, 0.5) is 5.69 Å². The van der Waals surface area contributed by atoms with Crippen molar-refractivity contribution in [2.24, 2.45) is 0 Å². The fourth-order valence-electron chi connectivity index (χ4n) is 2.92. The van der Waals surface area contributed by atoms with Gasteiger partial charge < -0.3 is 10.1 Å². The first-order valence-electron chi connectivity index (χ1n) is 8.02. The third-order valence-electron chi connectivity index (χ3n) is 4.17. The van der Waals surface area contributed by atoms with Gasteiger partial charge in [-0.1, -0.05) is 24.3 Å². The maximum Gasteiger partial charge on any atom is 0.259 e. The Morgan fingerprint density at radius 3 is 2.48 bits per heavy atom. The maximum absolute atomic E-state index is 12.4. The van der Waals surface area contributed by atoms with Crippen LogP contribution in [0.25, 0.3) is 0 Å². The summed E-state index contributed by atoms with van der Waals surface area (Å²) in [5, 5.41) is 2.92. The highest BCUT2D eigenvalue weighted by Crippen LogP contribution is 2.20. The molecule has 2 aromatic rings. The van der Waals surface area contributed by atoms with Crippen molar-refractivity contribution in [3.05, 3.63) is 59.7 Å². The molecule has 0 aromatic heterocycles. The molecular weight excluding hydrogens is 288 g/mol. The van der Waals surface area contributed by atoms with E-state index in [2.05, 4.69) is 22.3 Å². The zero-order valence-electron chi connectivity index (χ0n) is 13.4. The van der Waals surface area contributed by atoms with Crippen LogP contribution in [0.5, 0.6) is 5.75 Å². The average molecular weight is 310 g/mol. The van der Waals surface area contributed by atoms with Crippen LogP contribution in [0, 0.1) is 0 Å². The van der Waals surface area contributed by atoms with Gasteiger partial charge in [-0.2, -0.15) is 0 Å². The molecule has 1 heterocycles. The first kappa shape index (κ1) is 15.6. The van der Waals surface area contributed by atoms with Gasteiger partial charge in [0.25, 0.3) is 5.91 Å². The molecule has 2 aromatic carbocycles. The molecule has 1 N–H and O–H groups in total. The number of methoxy groups -OCH3 is 1. The average Bonchev–Trinajstić information content (AvgIpc) is 3.09. The number of anilines is 1. The Morgan fingerprint density at radius 1 is 1.09 bits per heavy atom. The molecule has 3 rings (SSSR count). The number of carbonyl (C=O) groups excluding carboxylic acids is 1. The smallest absolute Gasteiger partial charge is 0.259 e. The van der Waals surface area contributed by atoms with Crippen molar-refractivity contribution in [2.45, 2.75) is 19.4 Å². The lowest BCUT2D eigenvalue weighted by Crippen LogP contribution is -2.18. The Labute approximate surface area is 137 Å². The van der Waals surface area contributed by atoms with E-state index in [-0.39, 0.29) is 5.91 Å². The van der Waals surface area contributed by atoms with Gasteiger partial charge >= 0.3 is 0 Å². The van der Waals surface area contributed by atoms with Crippen molar-refractivity contribution in [3.63, 3.8) is 0 Å². The Morgan fingerprint density at radius 2 is 1.78 bits per heavy atom. The van der Waals surface area contributed by atoms with Crippen LogP contribution in [0.15, 0.2) is 48.5 Å². The zero-order valence-corrected chi connectivity index (χ0v) is 13.4. The van der Waals surface area contributed by atoms with Crippen LogP contribution >= 0.6 is 0 Å². The molecule has 1 aliphatic rings. The van der Waals surface area contributed by atoms with E-state index in [4.69, 9.17) is 4.74 Å². The summed E-state index contributed by atoms with van der Waals surface area (Å²) in [4.78, 5) is 14.8. The van der Waals surface area contributed by atoms with Gasteiger partial charge in [0.2, 0.25) is 0 Å². The summed E-state index contributed by atoms with van der Waals surface area (Å²) >= 11 is 0. The van der Waals surface area contributed by atoms with E-state index in [9.17, 15) is 4.79 Å². The molecule has 0 atom stereocenters. The van der Waals surface area contributed by atoms with E-state index >= 15 is 0 Å². The molecule has 120 valence electrons. The van der Waals surface area contributed by atoms with Gasteiger partial charge in [-0.15, -0.1) is 0 Å². The minimum atomic E-state index is -0.158. The molecule has 0 aliphatic carbocycles. The van der Waals surface area contributed by atoms with Gasteiger partial charge in [0.15, 0.2) is 0 Å². The largest absolute Gasteiger partial charge is 0.496 e. The molecule has 23 heavy (non-hydrogen) atoms. The predicted molar refractivity (Wildman–Crippen MR) is 91.9 cm³/mol. The number of nitrogens with one attached hydrogen (secondary N) is 1. The molecule has 1 fully saturated rings.